The van der Waals surface area contributed by atoms with Crippen molar-refractivity contribution in [2.45, 2.75) is 27.2 Å². The maximum absolute atomic E-state index is 11.0. The Bertz CT molecular complexity index is 224. The summed E-state index contributed by atoms with van der Waals surface area (Å²) < 4.78 is 0. The predicted molar refractivity (Wildman–Crippen MR) is 52.4 cm³/mol. The van der Waals surface area contributed by atoms with Crippen molar-refractivity contribution in [2.24, 2.45) is 4.99 Å². The smallest absolute Gasteiger partial charge is 0.158 e. The molecule has 0 saturated carbocycles. The van der Waals surface area contributed by atoms with E-state index in [0.29, 0.717) is 6.42 Å². The van der Waals surface area contributed by atoms with Gasteiger partial charge in [-0.3, -0.25) is 9.79 Å². The topological polar surface area (TPSA) is 29.4 Å². The summed E-state index contributed by atoms with van der Waals surface area (Å²) in [5, 5.41) is 0. The predicted octanol–water partition coefficient (Wildman–Crippen LogP) is 2.52. The minimum atomic E-state index is 0.168. The second-order valence-corrected chi connectivity index (χ2v) is 2.41. The van der Waals surface area contributed by atoms with Gasteiger partial charge in [-0.1, -0.05) is 13.0 Å². The first-order valence-electron chi connectivity index (χ1n) is 4.06. The number of hydrogen-bond donors (Lipinski definition) is 0. The van der Waals surface area contributed by atoms with E-state index in [1.807, 2.05) is 19.9 Å². The first-order valence-corrected chi connectivity index (χ1v) is 4.06. The molecule has 0 aliphatic carbocycles. The Morgan fingerprint density at radius 2 is 2.17 bits per heavy atom. The Kier molecular flexibility index (Phi) is 5.88. The third kappa shape index (κ3) is 4.61. The van der Waals surface area contributed by atoms with E-state index in [9.17, 15) is 4.79 Å². The molecular weight excluding hydrogens is 150 g/mol. The minimum absolute atomic E-state index is 0.168. The molecule has 0 rings (SSSR count). The van der Waals surface area contributed by atoms with Gasteiger partial charge in [-0.15, -0.1) is 0 Å². The van der Waals surface area contributed by atoms with Crippen molar-refractivity contribution in [2.75, 3.05) is 0 Å². The van der Waals surface area contributed by atoms with Gasteiger partial charge >= 0.3 is 0 Å². The van der Waals surface area contributed by atoms with Crippen LogP contribution in [0.2, 0.25) is 0 Å². The molecule has 0 aliphatic rings. The molecule has 0 N–H and O–H groups in total. The van der Waals surface area contributed by atoms with E-state index >= 15 is 0 Å². The average molecular weight is 165 g/mol. The summed E-state index contributed by atoms with van der Waals surface area (Å²) in [4.78, 5) is 14.9. The SMILES string of the molecule is C\C=C/N=C/C=C(\C)C(=O)CC. The highest BCUT2D eigenvalue weighted by Crippen LogP contribution is 1.96. The number of allylic oxidation sites excluding steroid dienone is 3. The van der Waals surface area contributed by atoms with Crippen molar-refractivity contribution < 1.29 is 4.79 Å². The Balaban J connectivity index is 4.08. The van der Waals surface area contributed by atoms with E-state index in [1.54, 1.807) is 25.4 Å². The molecule has 12 heavy (non-hydrogen) atoms. The molecule has 0 aromatic heterocycles. The summed E-state index contributed by atoms with van der Waals surface area (Å²) >= 11 is 0. The van der Waals surface area contributed by atoms with Gasteiger partial charge in [0.05, 0.1) is 0 Å². The highest BCUT2D eigenvalue weighted by molar-refractivity contribution is 5.98. The summed E-state index contributed by atoms with van der Waals surface area (Å²) in [5.41, 5.74) is 0.755. The van der Waals surface area contributed by atoms with Crippen LogP contribution in [0, 0.1) is 0 Å². The summed E-state index contributed by atoms with van der Waals surface area (Å²) in [6, 6.07) is 0. The Morgan fingerprint density at radius 3 is 2.67 bits per heavy atom. The van der Waals surface area contributed by atoms with Gasteiger partial charge in [0.15, 0.2) is 5.78 Å². The lowest BCUT2D eigenvalue weighted by molar-refractivity contribution is -0.115. The molecule has 0 atom stereocenters. The van der Waals surface area contributed by atoms with Crippen LogP contribution in [0.15, 0.2) is 28.9 Å². The zero-order valence-corrected chi connectivity index (χ0v) is 7.87. The highest BCUT2D eigenvalue weighted by atomic mass is 16.1. The molecule has 0 unspecified atom stereocenters. The van der Waals surface area contributed by atoms with Crippen LogP contribution in [-0.2, 0) is 4.79 Å². The Hall–Kier alpha value is -1.18. The number of rotatable bonds is 4. The molecule has 0 spiro atoms. The van der Waals surface area contributed by atoms with Crippen molar-refractivity contribution in [3.63, 3.8) is 0 Å². The largest absolute Gasteiger partial charge is 0.295 e. The van der Waals surface area contributed by atoms with Gasteiger partial charge in [0.1, 0.15) is 0 Å². The molecule has 66 valence electrons. The van der Waals surface area contributed by atoms with Crippen LogP contribution < -0.4 is 0 Å². The fourth-order valence-corrected chi connectivity index (χ4v) is 0.662. The van der Waals surface area contributed by atoms with Crippen molar-refractivity contribution in [1.29, 1.82) is 0 Å². The number of hydrogen-bond acceptors (Lipinski definition) is 2. The number of ketones is 1. The fraction of sp³-hybridized carbons (Fsp3) is 0.400. The van der Waals surface area contributed by atoms with Crippen LogP contribution in [0.1, 0.15) is 27.2 Å². The van der Waals surface area contributed by atoms with E-state index in [4.69, 9.17) is 0 Å². The minimum Gasteiger partial charge on any atom is -0.295 e. The van der Waals surface area contributed by atoms with E-state index in [-0.39, 0.29) is 5.78 Å². The highest BCUT2D eigenvalue weighted by Gasteiger charge is 1.97. The van der Waals surface area contributed by atoms with E-state index < -0.39 is 0 Å². The van der Waals surface area contributed by atoms with Gasteiger partial charge in [0.25, 0.3) is 0 Å². The van der Waals surface area contributed by atoms with Gasteiger partial charge in [-0.05, 0) is 25.5 Å². The quantitative estimate of drug-likeness (QED) is 0.465. The average Bonchev–Trinajstić information content (AvgIpc) is 2.10. The summed E-state index contributed by atoms with van der Waals surface area (Å²) in [7, 11) is 0. The number of aliphatic imine (C=N–C) groups is 1. The van der Waals surface area contributed by atoms with Crippen LogP contribution in [-0.4, -0.2) is 12.0 Å². The zero-order chi connectivity index (χ0) is 9.40. The summed E-state index contributed by atoms with van der Waals surface area (Å²) in [6.45, 7) is 5.54. The lowest BCUT2D eigenvalue weighted by Gasteiger charge is -1.92. The molecule has 0 heterocycles. The molecule has 0 aromatic carbocycles. The van der Waals surface area contributed by atoms with Gasteiger partial charge in [-0.2, -0.15) is 0 Å². The first kappa shape index (κ1) is 10.8. The molecule has 2 heteroatoms. The molecule has 0 radical (unpaired) electrons. The molecule has 0 saturated heterocycles. The van der Waals surface area contributed by atoms with Crippen molar-refractivity contribution in [3.05, 3.63) is 23.9 Å². The fourth-order valence-electron chi connectivity index (χ4n) is 0.662. The maximum Gasteiger partial charge on any atom is 0.158 e. The second kappa shape index (κ2) is 6.53. The normalized spacial score (nSPS) is 13.1. The standard InChI is InChI=1S/C10H15NO/c1-4-7-11-8-6-9(3)10(12)5-2/h4,6-8H,5H2,1-3H3/b7-4-,9-6+,11-8+. The lowest BCUT2D eigenvalue weighted by Crippen LogP contribution is -1.96. The Labute approximate surface area is 73.7 Å². The van der Waals surface area contributed by atoms with E-state index in [0.717, 1.165) is 5.57 Å². The van der Waals surface area contributed by atoms with Gasteiger partial charge in [-0.25, -0.2) is 0 Å². The van der Waals surface area contributed by atoms with Gasteiger partial charge in [0.2, 0.25) is 0 Å². The van der Waals surface area contributed by atoms with Crippen LogP contribution in [0.25, 0.3) is 0 Å². The molecule has 0 fully saturated rings. The number of nitrogens with zero attached hydrogens (tertiary/aromatic N) is 1. The van der Waals surface area contributed by atoms with Crippen LogP contribution in [0.3, 0.4) is 0 Å². The molecule has 0 aromatic rings. The number of carbonyl (C=O) groups excluding carboxylic acids is 1. The van der Waals surface area contributed by atoms with Crippen LogP contribution >= 0.6 is 0 Å². The summed E-state index contributed by atoms with van der Waals surface area (Å²) in [6.07, 6.45) is 7.43. The van der Waals surface area contributed by atoms with Crippen LogP contribution in [0.4, 0.5) is 0 Å². The second-order valence-electron chi connectivity index (χ2n) is 2.41. The van der Waals surface area contributed by atoms with Gasteiger partial charge in [0, 0.05) is 18.8 Å². The number of carbonyl (C=O) groups is 1. The van der Waals surface area contributed by atoms with E-state index in [1.165, 1.54) is 0 Å². The third-order valence-electron chi connectivity index (χ3n) is 1.41. The van der Waals surface area contributed by atoms with Crippen molar-refractivity contribution in [1.82, 2.24) is 0 Å². The molecule has 0 bridgehead atoms. The zero-order valence-electron chi connectivity index (χ0n) is 7.87. The van der Waals surface area contributed by atoms with Gasteiger partial charge < -0.3 is 0 Å². The van der Waals surface area contributed by atoms with E-state index in [2.05, 4.69) is 4.99 Å². The van der Waals surface area contributed by atoms with Crippen molar-refractivity contribution >= 4 is 12.0 Å². The first-order chi connectivity index (χ1) is 5.72. The maximum atomic E-state index is 11.0. The van der Waals surface area contributed by atoms with Crippen LogP contribution in [0.5, 0.6) is 0 Å². The molecule has 2 nitrogen and oxygen atoms in total. The lowest BCUT2D eigenvalue weighted by atomic mass is 10.1. The monoisotopic (exact) mass is 165 g/mol. The molecule has 0 aliphatic heterocycles. The third-order valence-corrected chi connectivity index (χ3v) is 1.41. The van der Waals surface area contributed by atoms with Crippen molar-refractivity contribution in [3.8, 4) is 0 Å². The molecule has 0 amide bonds. The Morgan fingerprint density at radius 1 is 1.50 bits per heavy atom. The molecular formula is C10H15NO. The number of Topliss-reactive ketones (excluding diaryl/α,β-unsaturated/α-hetero) is 1. The summed E-state index contributed by atoms with van der Waals surface area (Å²) in [5.74, 6) is 0.168.